The lowest BCUT2D eigenvalue weighted by Gasteiger charge is -2.26. The highest BCUT2D eigenvalue weighted by Gasteiger charge is 2.22. The van der Waals surface area contributed by atoms with Crippen LogP contribution >= 0.6 is 11.6 Å². The predicted molar refractivity (Wildman–Crippen MR) is 87.9 cm³/mol. The Morgan fingerprint density at radius 3 is 2.62 bits per heavy atom. The summed E-state index contributed by atoms with van der Waals surface area (Å²) in [7, 11) is 4.10. The normalized spacial score (nSPS) is 13.9. The lowest BCUT2D eigenvalue weighted by Crippen LogP contribution is -2.32. The molecule has 1 aromatic rings. The molecule has 0 amide bonds. The Morgan fingerprint density at radius 1 is 1.43 bits per heavy atom. The Hall–Kier alpha value is -0.620. The second-order valence-electron chi connectivity index (χ2n) is 6.44. The van der Waals surface area contributed by atoms with E-state index < -0.39 is 0 Å². The lowest BCUT2D eigenvalue weighted by molar-refractivity contribution is -0.0156. The molecule has 0 aliphatic rings. The maximum absolute atomic E-state index is 6.35. The molecule has 0 radical (unpaired) electrons. The minimum Gasteiger partial charge on any atom is -0.374 e. The van der Waals surface area contributed by atoms with Gasteiger partial charge in [-0.15, -0.1) is 0 Å². The van der Waals surface area contributed by atoms with Gasteiger partial charge in [-0.25, -0.2) is 0 Å². The van der Waals surface area contributed by atoms with Gasteiger partial charge in [-0.05, 0) is 41.4 Å². The highest BCUT2D eigenvalue weighted by Crippen LogP contribution is 2.24. The Bertz CT molecular complexity index is 426. The average Bonchev–Trinajstić information content (AvgIpc) is 2.72. The molecule has 1 heterocycles. The van der Waals surface area contributed by atoms with Crippen molar-refractivity contribution in [1.29, 1.82) is 0 Å². The second kappa shape index (κ2) is 8.13. The molecule has 1 N–H and O–H groups in total. The van der Waals surface area contributed by atoms with Gasteiger partial charge in [-0.2, -0.15) is 5.10 Å². The minimum atomic E-state index is -0.172. The third kappa shape index (κ3) is 6.34. The number of rotatable bonds is 8. The van der Waals surface area contributed by atoms with Crippen LogP contribution in [0.15, 0.2) is 6.20 Å². The van der Waals surface area contributed by atoms with Crippen LogP contribution in [0.25, 0.3) is 0 Å². The van der Waals surface area contributed by atoms with Crippen LogP contribution in [0, 0.1) is 0 Å². The summed E-state index contributed by atoms with van der Waals surface area (Å²) >= 11 is 6.35. The zero-order valence-electron chi connectivity index (χ0n) is 14.1. The van der Waals surface area contributed by atoms with Gasteiger partial charge in [0.05, 0.1) is 41.7 Å². The predicted octanol–water partition coefficient (Wildman–Crippen LogP) is 2.56. The number of hydrogen-bond donors (Lipinski definition) is 1. The molecule has 1 atom stereocenters. The van der Waals surface area contributed by atoms with E-state index in [2.05, 4.69) is 57.1 Å². The van der Waals surface area contributed by atoms with E-state index in [-0.39, 0.29) is 11.6 Å². The number of nitrogens with zero attached hydrogens (tertiary/aromatic N) is 3. The molecule has 0 spiro atoms. The Balaban J connectivity index is 2.88. The van der Waals surface area contributed by atoms with Crippen molar-refractivity contribution in [2.75, 3.05) is 33.8 Å². The van der Waals surface area contributed by atoms with Gasteiger partial charge in [0.15, 0.2) is 0 Å². The Morgan fingerprint density at radius 2 is 2.10 bits per heavy atom. The van der Waals surface area contributed by atoms with E-state index in [1.54, 1.807) is 6.20 Å². The molecule has 1 unspecified atom stereocenters. The van der Waals surface area contributed by atoms with E-state index in [1.165, 1.54) is 0 Å². The van der Waals surface area contributed by atoms with Gasteiger partial charge in [-0.1, -0.05) is 18.5 Å². The zero-order chi connectivity index (χ0) is 16.0. The van der Waals surface area contributed by atoms with Crippen molar-refractivity contribution >= 4 is 11.6 Å². The van der Waals surface area contributed by atoms with E-state index in [9.17, 15) is 0 Å². The van der Waals surface area contributed by atoms with E-state index in [0.29, 0.717) is 11.6 Å². The van der Waals surface area contributed by atoms with Gasteiger partial charge in [-0.3, -0.25) is 4.68 Å². The van der Waals surface area contributed by atoms with Gasteiger partial charge < -0.3 is 15.0 Å². The first-order valence-electron chi connectivity index (χ1n) is 7.48. The standard InChI is InChI=1S/C15H29ClN4O/c1-7-17-13(11-21-15(2,3)4)14-12(16)10-18-20(14)9-8-19(5)6/h10,13,17H,7-9,11H2,1-6H3. The molecule has 0 saturated heterocycles. The summed E-state index contributed by atoms with van der Waals surface area (Å²) in [6.07, 6.45) is 1.72. The van der Waals surface area contributed by atoms with Crippen molar-refractivity contribution in [3.63, 3.8) is 0 Å². The number of ether oxygens (including phenoxy) is 1. The summed E-state index contributed by atoms with van der Waals surface area (Å²) in [5, 5.41) is 8.53. The molecule has 21 heavy (non-hydrogen) atoms. The summed E-state index contributed by atoms with van der Waals surface area (Å²) in [5.74, 6) is 0. The van der Waals surface area contributed by atoms with Crippen LogP contribution in [0.1, 0.15) is 39.4 Å². The van der Waals surface area contributed by atoms with Crippen LogP contribution < -0.4 is 5.32 Å². The molecule has 0 bridgehead atoms. The quantitative estimate of drug-likeness (QED) is 0.800. The number of hydrogen-bond acceptors (Lipinski definition) is 4. The first kappa shape index (κ1) is 18.4. The molecule has 0 aliphatic carbocycles. The molecule has 0 aromatic carbocycles. The topological polar surface area (TPSA) is 42.3 Å². The molecule has 0 aliphatic heterocycles. The highest BCUT2D eigenvalue weighted by molar-refractivity contribution is 6.31. The fraction of sp³-hybridized carbons (Fsp3) is 0.800. The maximum atomic E-state index is 6.35. The average molecular weight is 317 g/mol. The van der Waals surface area contributed by atoms with Crippen LogP contribution in [0.5, 0.6) is 0 Å². The SMILES string of the molecule is CCNC(COC(C)(C)C)c1c(Cl)cnn1CCN(C)C. The van der Waals surface area contributed by atoms with Gasteiger partial charge >= 0.3 is 0 Å². The smallest absolute Gasteiger partial charge is 0.0835 e. The third-order valence-corrected chi connectivity index (χ3v) is 3.35. The van der Waals surface area contributed by atoms with Gasteiger partial charge in [0.2, 0.25) is 0 Å². The van der Waals surface area contributed by atoms with Crippen LogP contribution in [0.4, 0.5) is 0 Å². The van der Waals surface area contributed by atoms with Gasteiger partial charge in [0.1, 0.15) is 0 Å². The third-order valence-electron chi connectivity index (χ3n) is 3.06. The maximum Gasteiger partial charge on any atom is 0.0835 e. The van der Waals surface area contributed by atoms with Crippen molar-refractivity contribution in [2.45, 2.75) is 45.9 Å². The zero-order valence-corrected chi connectivity index (χ0v) is 14.9. The van der Waals surface area contributed by atoms with Crippen molar-refractivity contribution < 1.29 is 4.74 Å². The first-order chi connectivity index (χ1) is 9.74. The van der Waals surface area contributed by atoms with Crippen LogP contribution in [-0.4, -0.2) is 54.1 Å². The van der Waals surface area contributed by atoms with E-state index >= 15 is 0 Å². The Labute approximate surface area is 133 Å². The molecule has 6 heteroatoms. The van der Waals surface area contributed by atoms with Crippen molar-refractivity contribution in [1.82, 2.24) is 20.0 Å². The monoisotopic (exact) mass is 316 g/mol. The molecular formula is C15H29ClN4O. The number of nitrogens with one attached hydrogen (secondary N) is 1. The van der Waals surface area contributed by atoms with Crippen molar-refractivity contribution in [3.8, 4) is 0 Å². The van der Waals surface area contributed by atoms with Crippen LogP contribution in [0.2, 0.25) is 5.02 Å². The summed E-state index contributed by atoms with van der Waals surface area (Å²) in [5.41, 5.74) is 0.832. The lowest BCUT2D eigenvalue weighted by atomic mass is 10.1. The van der Waals surface area contributed by atoms with Crippen molar-refractivity contribution in [2.24, 2.45) is 0 Å². The van der Waals surface area contributed by atoms with E-state index in [0.717, 1.165) is 25.3 Å². The summed E-state index contributed by atoms with van der Waals surface area (Å²) in [6.45, 7) is 11.4. The molecule has 5 nitrogen and oxygen atoms in total. The second-order valence-corrected chi connectivity index (χ2v) is 6.85. The number of likely N-dealkylation sites (N-methyl/N-ethyl adjacent to an activating group) is 2. The van der Waals surface area contributed by atoms with Gasteiger partial charge in [0.25, 0.3) is 0 Å². The van der Waals surface area contributed by atoms with Gasteiger partial charge in [0, 0.05) is 6.54 Å². The Kier molecular flexibility index (Phi) is 7.13. The summed E-state index contributed by atoms with van der Waals surface area (Å²) in [4.78, 5) is 2.13. The molecule has 122 valence electrons. The summed E-state index contributed by atoms with van der Waals surface area (Å²) in [6, 6.07) is 0.0476. The molecular weight excluding hydrogens is 288 g/mol. The molecule has 0 saturated carbocycles. The minimum absolute atomic E-state index is 0.0476. The largest absolute Gasteiger partial charge is 0.374 e. The van der Waals surface area contributed by atoms with Crippen molar-refractivity contribution in [3.05, 3.63) is 16.9 Å². The fourth-order valence-corrected chi connectivity index (χ4v) is 2.28. The van der Waals surface area contributed by atoms with Crippen LogP contribution in [0.3, 0.4) is 0 Å². The first-order valence-corrected chi connectivity index (χ1v) is 7.85. The fourth-order valence-electron chi connectivity index (χ4n) is 2.01. The molecule has 1 rings (SSSR count). The van der Waals surface area contributed by atoms with E-state index in [1.807, 2.05) is 4.68 Å². The van der Waals surface area contributed by atoms with Crippen LogP contribution in [-0.2, 0) is 11.3 Å². The number of halogens is 1. The highest BCUT2D eigenvalue weighted by atomic mass is 35.5. The van der Waals surface area contributed by atoms with E-state index in [4.69, 9.17) is 16.3 Å². The number of aromatic nitrogens is 2. The molecule has 1 aromatic heterocycles. The summed E-state index contributed by atoms with van der Waals surface area (Å²) < 4.78 is 7.90. The molecule has 0 fully saturated rings.